The van der Waals surface area contributed by atoms with Gasteiger partial charge in [-0.05, 0) is 47.6 Å². The van der Waals surface area contributed by atoms with Crippen molar-refractivity contribution < 1.29 is 14.7 Å². The SMILES string of the molecule is CSCCC(NC(=O)c1ccc2ccn(Cc3ccccc3)c2c1)C(=O)O. The molecule has 0 fully saturated rings. The quantitative estimate of drug-likeness (QED) is 0.624. The average Bonchev–Trinajstić information content (AvgIpc) is 3.07. The van der Waals surface area contributed by atoms with Crippen molar-refractivity contribution in [1.82, 2.24) is 9.88 Å². The van der Waals surface area contributed by atoms with Crippen LogP contribution >= 0.6 is 11.8 Å². The summed E-state index contributed by atoms with van der Waals surface area (Å²) in [6.07, 6.45) is 4.31. The summed E-state index contributed by atoms with van der Waals surface area (Å²) in [5.74, 6) is -0.695. The zero-order chi connectivity index (χ0) is 19.2. The highest BCUT2D eigenvalue weighted by Gasteiger charge is 2.20. The number of thioether (sulfide) groups is 1. The first-order chi connectivity index (χ1) is 13.1. The molecule has 140 valence electrons. The Bertz CT molecular complexity index is 937. The number of rotatable bonds is 8. The van der Waals surface area contributed by atoms with E-state index in [9.17, 15) is 14.7 Å². The van der Waals surface area contributed by atoms with Crippen LogP contribution in [-0.2, 0) is 11.3 Å². The Morgan fingerprint density at radius 2 is 1.93 bits per heavy atom. The van der Waals surface area contributed by atoms with E-state index in [-0.39, 0.29) is 5.91 Å². The highest BCUT2D eigenvalue weighted by molar-refractivity contribution is 7.98. The number of aliphatic carboxylic acids is 1. The maximum atomic E-state index is 12.6. The van der Waals surface area contributed by atoms with Crippen LogP contribution in [0.15, 0.2) is 60.8 Å². The molecule has 0 radical (unpaired) electrons. The lowest BCUT2D eigenvalue weighted by Crippen LogP contribution is -2.41. The molecule has 2 aromatic carbocycles. The molecule has 1 unspecified atom stereocenters. The molecular formula is C21H22N2O3S. The molecule has 27 heavy (non-hydrogen) atoms. The van der Waals surface area contributed by atoms with E-state index < -0.39 is 12.0 Å². The summed E-state index contributed by atoms with van der Waals surface area (Å²) < 4.78 is 2.09. The van der Waals surface area contributed by atoms with Crippen molar-refractivity contribution in [2.75, 3.05) is 12.0 Å². The van der Waals surface area contributed by atoms with Crippen molar-refractivity contribution >= 4 is 34.5 Å². The van der Waals surface area contributed by atoms with Gasteiger partial charge in [-0.3, -0.25) is 4.79 Å². The average molecular weight is 382 g/mol. The van der Waals surface area contributed by atoms with Gasteiger partial charge in [-0.1, -0.05) is 36.4 Å². The molecule has 0 bridgehead atoms. The summed E-state index contributed by atoms with van der Waals surface area (Å²) in [7, 11) is 0. The fourth-order valence-corrected chi connectivity index (χ4v) is 3.45. The Hall–Kier alpha value is -2.73. The molecule has 0 saturated heterocycles. The molecule has 0 aliphatic rings. The zero-order valence-corrected chi connectivity index (χ0v) is 15.9. The maximum Gasteiger partial charge on any atom is 0.326 e. The zero-order valence-electron chi connectivity index (χ0n) is 15.1. The summed E-state index contributed by atoms with van der Waals surface area (Å²) >= 11 is 1.56. The van der Waals surface area contributed by atoms with E-state index in [0.717, 1.165) is 10.9 Å². The fraction of sp³-hybridized carbons (Fsp3) is 0.238. The first kappa shape index (κ1) is 19.0. The normalized spacial score (nSPS) is 12.0. The third kappa shape index (κ3) is 4.71. The number of aromatic nitrogens is 1. The largest absolute Gasteiger partial charge is 0.480 e. The number of fused-ring (bicyclic) bond motifs is 1. The molecule has 0 aliphatic carbocycles. The minimum Gasteiger partial charge on any atom is -0.480 e. The second kappa shape index (κ2) is 8.77. The molecule has 3 rings (SSSR count). The molecule has 2 N–H and O–H groups in total. The number of benzene rings is 2. The third-order valence-corrected chi connectivity index (χ3v) is 5.09. The number of hydrogen-bond donors (Lipinski definition) is 2. The number of nitrogens with zero attached hydrogens (tertiary/aromatic N) is 1. The number of nitrogens with one attached hydrogen (secondary N) is 1. The van der Waals surface area contributed by atoms with Crippen LogP contribution in [0.4, 0.5) is 0 Å². The van der Waals surface area contributed by atoms with Crippen LogP contribution in [0.1, 0.15) is 22.3 Å². The van der Waals surface area contributed by atoms with E-state index in [4.69, 9.17) is 0 Å². The highest BCUT2D eigenvalue weighted by Crippen LogP contribution is 2.19. The lowest BCUT2D eigenvalue weighted by molar-refractivity contribution is -0.139. The van der Waals surface area contributed by atoms with Gasteiger partial charge < -0.3 is 15.0 Å². The molecule has 0 saturated carbocycles. The van der Waals surface area contributed by atoms with Gasteiger partial charge >= 0.3 is 5.97 Å². The van der Waals surface area contributed by atoms with E-state index >= 15 is 0 Å². The monoisotopic (exact) mass is 382 g/mol. The Kier molecular flexibility index (Phi) is 6.19. The first-order valence-electron chi connectivity index (χ1n) is 8.74. The van der Waals surface area contributed by atoms with Gasteiger partial charge in [0.2, 0.25) is 0 Å². The predicted molar refractivity (Wildman–Crippen MR) is 109 cm³/mol. The molecule has 0 spiro atoms. The number of amides is 1. The number of carbonyl (C=O) groups is 2. The van der Waals surface area contributed by atoms with Crippen molar-refractivity contribution in [3.8, 4) is 0 Å². The van der Waals surface area contributed by atoms with Gasteiger partial charge in [0, 0.05) is 23.8 Å². The summed E-state index contributed by atoms with van der Waals surface area (Å²) in [4.78, 5) is 23.9. The third-order valence-electron chi connectivity index (χ3n) is 4.45. The van der Waals surface area contributed by atoms with E-state index in [0.29, 0.717) is 24.3 Å². The van der Waals surface area contributed by atoms with Crippen molar-refractivity contribution in [1.29, 1.82) is 0 Å². The lowest BCUT2D eigenvalue weighted by Gasteiger charge is -2.14. The van der Waals surface area contributed by atoms with Gasteiger partial charge in [-0.25, -0.2) is 4.79 Å². The van der Waals surface area contributed by atoms with Crippen LogP contribution in [-0.4, -0.2) is 39.6 Å². The maximum absolute atomic E-state index is 12.6. The van der Waals surface area contributed by atoms with E-state index in [2.05, 4.69) is 22.0 Å². The van der Waals surface area contributed by atoms with Crippen molar-refractivity contribution in [3.05, 3.63) is 71.9 Å². The van der Waals surface area contributed by atoms with E-state index in [1.54, 1.807) is 17.8 Å². The van der Waals surface area contributed by atoms with Crippen molar-refractivity contribution in [2.45, 2.75) is 19.0 Å². The van der Waals surface area contributed by atoms with Gasteiger partial charge in [0.25, 0.3) is 5.91 Å². The fourth-order valence-electron chi connectivity index (χ4n) is 2.98. The minimum absolute atomic E-state index is 0.363. The van der Waals surface area contributed by atoms with Gasteiger partial charge in [0.1, 0.15) is 6.04 Å². The first-order valence-corrected chi connectivity index (χ1v) is 10.1. The summed E-state index contributed by atoms with van der Waals surface area (Å²) in [6.45, 7) is 0.709. The number of carboxylic acid groups (broad SMARTS) is 1. The molecule has 5 nitrogen and oxygen atoms in total. The summed E-state index contributed by atoms with van der Waals surface area (Å²) in [6, 6.07) is 16.7. The van der Waals surface area contributed by atoms with E-state index in [1.165, 1.54) is 5.56 Å². The highest BCUT2D eigenvalue weighted by atomic mass is 32.2. The molecule has 6 heteroatoms. The summed E-state index contributed by atoms with van der Waals surface area (Å²) in [5.41, 5.74) is 2.58. The standard InChI is InChI=1S/C21H22N2O3S/c1-27-12-10-18(21(25)26)22-20(24)17-8-7-16-9-11-23(19(16)13-17)14-15-5-3-2-4-6-15/h2-9,11,13,18H,10,12,14H2,1H3,(H,22,24)(H,25,26). The molecule has 1 amide bonds. The molecule has 0 aliphatic heterocycles. The second-order valence-electron chi connectivity index (χ2n) is 6.35. The van der Waals surface area contributed by atoms with Crippen LogP contribution in [0, 0.1) is 0 Å². The van der Waals surface area contributed by atoms with Crippen LogP contribution in [0.25, 0.3) is 10.9 Å². The Labute approximate surface area is 162 Å². The van der Waals surface area contributed by atoms with Crippen LogP contribution in [0.2, 0.25) is 0 Å². The summed E-state index contributed by atoms with van der Waals surface area (Å²) in [5, 5.41) is 13.0. The van der Waals surface area contributed by atoms with Crippen LogP contribution in [0.3, 0.4) is 0 Å². The lowest BCUT2D eigenvalue weighted by atomic mass is 10.1. The Morgan fingerprint density at radius 3 is 2.63 bits per heavy atom. The Balaban J connectivity index is 1.81. The van der Waals surface area contributed by atoms with Gasteiger partial charge in [0.15, 0.2) is 0 Å². The molecule has 3 aromatic rings. The number of hydrogen-bond acceptors (Lipinski definition) is 3. The second-order valence-corrected chi connectivity index (χ2v) is 7.33. The van der Waals surface area contributed by atoms with Gasteiger partial charge in [-0.15, -0.1) is 0 Å². The Morgan fingerprint density at radius 1 is 1.15 bits per heavy atom. The van der Waals surface area contributed by atoms with Crippen LogP contribution in [0.5, 0.6) is 0 Å². The van der Waals surface area contributed by atoms with Gasteiger partial charge in [0.05, 0.1) is 0 Å². The topological polar surface area (TPSA) is 71.3 Å². The van der Waals surface area contributed by atoms with Crippen LogP contribution < -0.4 is 5.32 Å². The molecule has 1 heterocycles. The smallest absolute Gasteiger partial charge is 0.326 e. The van der Waals surface area contributed by atoms with E-state index in [1.807, 2.05) is 48.9 Å². The molecule has 1 atom stereocenters. The molecular weight excluding hydrogens is 360 g/mol. The molecule has 1 aromatic heterocycles. The predicted octanol–water partition coefficient (Wildman–Crippen LogP) is 3.63. The minimum atomic E-state index is -1.01. The van der Waals surface area contributed by atoms with Crippen molar-refractivity contribution in [2.24, 2.45) is 0 Å². The van der Waals surface area contributed by atoms with Crippen molar-refractivity contribution in [3.63, 3.8) is 0 Å². The number of carbonyl (C=O) groups excluding carboxylic acids is 1. The van der Waals surface area contributed by atoms with Gasteiger partial charge in [-0.2, -0.15) is 11.8 Å². The number of carboxylic acids is 1.